The lowest BCUT2D eigenvalue weighted by Crippen LogP contribution is -2.24. The number of hydrogen-bond acceptors (Lipinski definition) is 8. The van der Waals surface area contributed by atoms with Gasteiger partial charge in [0.1, 0.15) is 11.4 Å². The molecule has 0 aliphatic rings. The summed E-state index contributed by atoms with van der Waals surface area (Å²) < 4.78 is 1.15. The molecule has 0 aliphatic carbocycles. The van der Waals surface area contributed by atoms with Crippen LogP contribution < -0.4 is 11.0 Å². The van der Waals surface area contributed by atoms with Gasteiger partial charge < -0.3 is 0 Å². The van der Waals surface area contributed by atoms with E-state index < -0.39 is 16.4 Å². The molecule has 28 heavy (non-hydrogen) atoms. The molecule has 2 heterocycles. The van der Waals surface area contributed by atoms with E-state index in [4.69, 9.17) is 0 Å². The van der Waals surface area contributed by atoms with E-state index in [0.717, 1.165) is 4.68 Å². The fourth-order valence-corrected chi connectivity index (χ4v) is 2.21. The van der Waals surface area contributed by atoms with Gasteiger partial charge in [0.05, 0.1) is 16.8 Å². The molecule has 2 aromatic heterocycles. The molecule has 12 nitrogen and oxygen atoms in total. The Morgan fingerprint density at radius 2 is 2.00 bits per heavy atom. The number of hydrogen-bond donors (Lipinski definition) is 2. The second-order valence-electron chi connectivity index (χ2n) is 5.69. The maximum Gasteiger partial charge on any atom is 0.290 e. The molecule has 0 fully saturated rings. The number of rotatable bonds is 5. The van der Waals surface area contributed by atoms with Crippen molar-refractivity contribution in [3.63, 3.8) is 0 Å². The van der Waals surface area contributed by atoms with E-state index in [1.165, 1.54) is 43.5 Å². The van der Waals surface area contributed by atoms with Gasteiger partial charge in [0.25, 0.3) is 23.1 Å². The summed E-state index contributed by atoms with van der Waals surface area (Å²) in [6, 6.07) is 7.14. The Kier molecular flexibility index (Phi) is 5.02. The Labute approximate surface area is 157 Å². The van der Waals surface area contributed by atoms with Crippen molar-refractivity contribution >= 4 is 17.8 Å². The first kappa shape index (κ1) is 18.6. The van der Waals surface area contributed by atoms with Crippen LogP contribution in [0.4, 0.5) is 5.69 Å². The van der Waals surface area contributed by atoms with Gasteiger partial charge in [-0.3, -0.25) is 24.7 Å². The highest BCUT2D eigenvalue weighted by molar-refractivity contribution is 5.93. The number of amides is 1. The van der Waals surface area contributed by atoms with Crippen LogP contribution in [0.5, 0.6) is 0 Å². The molecular formula is C16H14N8O4. The lowest BCUT2D eigenvalue weighted by Gasteiger charge is -2.04. The Hall–Kier alpha value is -4.22. The quantitative estimate of drug-likeness (QED) is 0.372. The second kappa shape index (κ2) is 7.57. The third kappa shape index (κ3) is 3.95. The molecule has 3 rings (SSSR count). The largest absolute Gasteiger partial charge is 0.290 e. The first-order valence-electron chi connectivity index (χ1n) is 7.93. The predicted octanol–water partition coefficient (Wildman–Crippen LogP) is 0.640. The Balaban J connectivity index is 1.78. The SMILES string of the molecule is Cc1cc(C(=O)N/N=C\c2ccc([N+](=O)[O-])cc2)n(-c2nnc(C)c(=O)[nH]2)n1. The van der Waals surface area contributed by atoms with Gasteiger partial charge in [-0.15, -0.1) is 10.2 Å². The van der Waals surface area contributed by atoms with E-state index in [1.54, 1.807) is 6.92 Å². The molecule has 0 radical (unpaired) electrons. The molecule has 0 saturated carbocycles. The van der Waals surface area contributed by atoms with Crippen LogP contribution in [0.25, 0.3) is 5.95 Å². The first-order valence-corrected chi connectivity index (χ1v) is 7.93. The van der Waals surface area contributed by atoms with E-state index >= 15 is 0 Å². The Bertz CT molecular complexity index is 1130. The van der Waals surface area contributed by atoms with Crippen molar-refractivity contribution < 1.29 is 9.72 Å². The summed E-state index contributed by atoms with van der Waals surface area (Å²) in [5, 5.41) is 26.2. The molecule has 142 valence electrons. The minimum Gasteiger partial charge on any atom is -0.288 e. The van der Waals surface area contributed by atoms with Crippen LogP contribution in [0.1, 0.15) is 27.4 Å². The molecular weight excluding hydrogens is 368 g/mol. The highest BCUT2D eigenvalue weighted by Crippen LogP contribution is 2.11. The molecule has 0 atom stereocenters. The summed E-state index contributed by atoms with van der Waals surface area (Å²) in [4.78, 5) is 36.8. The number of nitro benzene ring substituents is 1. The zero-order valence-electron chi connectivity index (χ0n) is 14.8. The van der Waals surface area contributed by atoms with Gasteiger partial charge in [-0.1, -0.05) is 0 Å². The normalized spacial score (nSPS) is 10.9. The number of carbonyl (C=O) groups excluding carboxylic acids is 1. The van der Waals surface area contributed by atoms with Gasteiger partial charge in [0.15, 0.2) is 0 Å². The van der Waals surface area contributed by atoms with Crippen LogP contribution in [-0.4, -0.2) is 42.0 Å². The van der Waals surface area contributed by atoms with Crippen molar-refractivity contribution in [2.45, 2.75) is 13.8 Å². The van der Waals surface area contributed by atoms with E-state index in [1.807, 2.05) is 0 Å². The average Bonchev–Trinajstić information content (AvgIpc) is 3.06. The van der Waals surface area contributed by atoms with E-state index in [2.05, 4.69) is 30.8 Å². The molecule has 0 saturated heterocycles. The fourth-order valence-electron chi connectivity index (χ4n) is 2.21. The summed E-state index contributed by atoms with van der Waals surface area (Å²) in [7, 11) is 0. The number of hydrazone groups is 1. The molecule has 3 aromatic rings. The van der Waals surface area contributed by atoms with E-state index in [9.17, 15) is 19.7 Å². The second-order valence-corrected chi connectivity index (χ2v) is 5.69. The summed E-state index contributed by atoms with van der Waals surface area (Å²) in [6.45, 7) is 3.18. The number of nitro groups is 1. The number of aromatic amines is 1. The summed E-state index contributed by atoms with van der Waals surface area (Å²) in [6.07, 6.45) is 1.34. The van der Waals surface area contributed by atoms with Crippen LogP contribution in [0.3, 0.4) is 0 Å². The highest BCUT2D eigenvalue weighted by atomic mass is 16.6. The Morgan fingerprint density at radius 3 is 2.64 bits per heavy atom. The molecule has 0 bridgehead atoms. The third-order valence-electron chi connectivity index (χ3n) is 3.60. The van der Waals surface area contributed by atoms with Crippen molar-refractivity contribution in [3.8, 4) is 5.95 Å². The van der Waals surface area contributed by atoms with Crippen molar-refractivity contribution in [3.05, 3.63) is 73.4 Å². The van der Waals surface area contributed by atoms with Gasteiger partial charge in [-0.05, 0) is 37.6 Å². The zero-order chi connectivity index (χ0) is 20.3. The summed E-state index contributed by atoms with van der Waals surface area (Å²) in [5.41, 5.74) is 3.20. The van der Waals surface area contributed by atoms with Crippen molar-refractivity contribution in [2.24, 2.45) is 5.10 Å². The first-order chi connectivity index (χ1) is 13.3. The standard InChI is InChI=1S/C16H14N8O4/c1-9-7-13(23(22-9)16-18-14(25)10(2)19-21-16)15(26)20-17-8-11-3-5-12(6-4-11)24(27)28/h3-8H,1-2H3,(H,20,26)(H,18,21,25)/b17-8-. The van der Waals surface area contributed by atoms with Crippen molar-refractivity contribution in [1.82, 2.24) is 30.4 Å². The molecule has 0 spiro atoms. The molecule has 1 amide bonds. The molecule has 2 N–H and O–H groups in total. The number of nitrogens with zero attached hydrogens (tertiary/aromatic N) is 6. The molecule has 0 aliphatic heterocycles. The van der Waals surface area contributed by atoms with Gasteiger partial charge >= 0.3 is 0 Å². The zero-order valence-corrected chi connectivity index (χ0v) is 14.8. The average molecular weight is 382 g/mol. The van der Waals surface area contributed by atoms with Crippen molar-refractivity contribution in [1.29, 1.82) is 0 Å². The monoisotopic (exact) mass is 382 g/mol. The minimum atomic E-state index is -0.595. The lowest BCUT2D eigenvalue weighted by molar-refractivity contribution is -0.384. The van der Waals surface area contributed by atoms with Gasteiger partial charge in [0.2, 0.25) is 0 Å². The maximum atomic E-state index is 12.4. The van der Waals surface area contributed by atoms with Crippen LogP contribution in [0.15, 0.2) is 40.2 Å². The minimum absolute atomic E-state index is 0.00630. The van der Waals surface area contributed by atoms with Crippen LogP contribution in [0, 0.1) is 24.0 Å². The van der Waals surface area contributed by atoms with Crippen LogP contribution in [0.2, 0.25) is 0 Å². The number of H-pyrrole nitrogens is 1. The van der Waals surface area contributed by atoms with Crippen LogP contribution >= 0.6 is 0 Å². The number of nitrogens with one attached hydrogen (secondary N) is 2. The number of carbonyl (C=O) groups is 1. The fraction of sp³-hybridized carbons (Fsp3) is 0.125. The highest BCUT2D eigenvalue weighted by Gasteiger charge is 2.17. The molecule has 12 heteroatoms. The summed E-state index contributed by atoms with van der Waals surface area (Å²) >= 11 is 0. The smallest absolute Gasteiger partial charge is 0.288 e. The van der Waals surface area contributed by atoms with Crippen LogP contribution in [-0.2, 0) is 0 Å². The van der Waals surface area contributed by atoms with E-state index in [-0.39, 0.29) is 23.0 Å². The number of aryl methyl sites for hydroxylation is 2. The maximum absolute atomic E-state index is 12.4. The third-order valence-corrected chi connectivity index (χ3v) is 3.60. The van der Waals surface area contributed by atoms with E-state index in [0.29, 0.717) is 11.3 Å². The predicted molar refractivity (Wildman–Crippen MR) is 97.4 cm³/mol. The Morgan fingerprint density at radius 1 is 1.29 bits per heavy atom. The van der Waals surface area contributed by atoms with Gasteiger partial charge in [0, 0.05) is 12.1 Å². The topological polar surface area (TPSA) is 161 Å². The number of benzene rings is 1. The summed E-state index contributed by atoms with van der Waals surface area (Å²) in [5.74, 6) is -0.602. The molecule has 1 aromatic carbocycles. The number of aromatic nitrogens is 5. The lowest BCUT2D eigenvalue weighted by atomic mass is 10.2. The number of non-ortho nitro benzene ring substituents is 1. The van der Waals surface area contributed by atoms with Crippen molar-refractivity contribution in [2.75, 3.05) is 0 Å². The van der Waals surface area contributed by atoms with Gasteiger partial charge in [-0.2, -0.15) is 14.9 Å². The molecule has 0 unspecified atom stereocenters. The van der Waals surface area contributed by atoms with Gasteiger partial charge in [-0.25, -0.2) is 5.43 Å².